The number of esters is 1. The molecule has 7 heteroatoms. The van der Waals surface area contributed by atoms with Crippen molar-refractivity contribution in [2.24, 2.45) is 0 Å². The zero-order valence-corrected chi connectivity index (χ0v) is 21.3. The van der Waals surface area contributed by atoms with Gasteiger partial charge in [-0.2, -0.15) is 0 Å². The van der Waals surface area contributed by atoms with Crippen molar-refractivity contribution in [1.82, 2.24) is 4.98 Å². The van der Waals surface area contributed by atoms with E-state index in [1.54, 1.807) is 18.2 Å². The molecule has 0 aliphatic heterocycles. The van der Waals surface area contributed by atoms with Crippen LogP contribution in [0.4, 0.5) is 11.4 Å². The van der Waals surface area contributed by atoms with Crippen molar-refractivity contribution in [2.75, 3.05) is 23.4 Å². The van der Waals surface area contributed by atoms with Crippen molar-refractivity contribution in [3.05, 3.63) is 89.4 Å². The van der Waals surface area contributed by atoms with E-state index in [9.17, 15) is 9.59 Å². The van der Waals surface area contributed by atoms with Crippen LogP contribution in [0.2, 0.25) is 5.02 Å². The molecule has 6 nitrogen and oxygen atoms in total. The highest BCUT2D eigenvalue weighted by Gasteiger charge is 2.17. The summed E-state index contributed by atoms with van der Waals surface area (Å²) in [4.78, 5) is 32.4. The van der Waals surface area contributed by atoms with Crippen LogP contribution < -0.4 is 10.2 Å². The summed E-state index contributed by atoms with van der Waals surface area (Å²) < 4.78 is 5.38. The lowest BCUT2D eigenvalue weighted by atomic mass is 10.0. The van der Waals surface area contributed by atoms with Crippen molar-refractivity contribution in [1.29, 1.82) is 0 Å². The van der Waals surface area contributed by atoms with Gasteiger partial charge in [0.15, 0.2) is 6.61 Å². The molecular weight excluding hydrogens is 474 g/mol. The molecule has 0 aliphatic carbocycles. The molecule has 0 fully saturated rings. The third-order valence-electron chi connectivity index (χ3n) is 5.86. The number of nitrogens with zero attached hydrogens (tertiary/aromatic N) is 2. The second-order valence-corrected chi connectivity index (χ2v) is 9.07. The summed E-state index contributed by atoms with van der Waals surface area (Å²) >= 11 is 6.01. The Morgan fingerprint density at radius 3 is 2.36 bits per heavy atom. The summed E-state index contributed by atoms with van der Waals surface area (Å²) in [5.41, 5.74) is 4.15. The standard InChI is InChI=1S/C29H28ClN3O3/c1-4-33(19(2)3)23-15-13-22(14-16-23)31-28(34)18-36-29(35)25-17-27(20-9-11-21(30)12-10-20)32-26-8-6-5-7-24(25)26/h5-17,19H,4,18H2,1-3H3,(H,31,34). The number of ether oxygens (including phenoxy) is 1. The Labute approximate surface area is 215 Å². The number of carbonyl (C=O) groups is 2. The van der Waals surface area contributed by atoms with Gasteiger partial charge < -0.3 is 15.0 Å². The zero-order valence-electron chi connectivity index (χ0n) is 20.5. The SMILES string of the molecule is CCN(c1ccc(NC(=O)COC(=O)c2cc(-c3ccc(Cl)cc3)nc3ccccc23)cc1)C(C)C. The lowest BCUT2D eigenvalue weighted by Gasteiger charge is -2.27. The number of fused-ring (bicyclic) bond motifs is 1. The second-order valence-electron chi connectivity index (χ2n) is 8.63. The van der Waals surface area contributed by atoms with Crippen LogP contribution in [0.3, 0.4) is 0 Å². The third kappa shape index (κ3) is 5.83. The molecule has 0 saturated heterocycles. The molecule has 3 aromatic carbocycles. The molecule has 184 valence electrons. The molecule has 1 amide bonds. The number of halogens is 1. The van der Waals surface area contributed by atoms with Gasteiger partial charge in [0.1, 0.15) is 0 Å². The number of para-hydroxylation sites is 1. The Balaban J connectivity index is 1.47. The second kappa shape index (κ2) is 11.2. The summed E-state index contributed by atoms with van der Waals surface area (Å²) in [7, 11) is 0. The summed E-state index contributed by atoms with van der Waals surface area (Å²) in [5.74, 6) is -1.01. The van der Waals surface area contributed by atoms with E-state index in [-0.39, 0.29) is 0 Å². The molecule has 0 aliphatic rings. The molecule has 0 bridgehead atoms. The number of hydrogen-bond acceptors (Lipinski definition) is 5. The fourth-order valence-electron chi connectivity index (χ4n) is 4.10. The van der Waals surface area contributed by atoms with E-state index < -0.39 is 18.5 Å². The molecule has 1 heterocycles. The number of rotatable bonds is 8. The van der Waals surface area contributed by atoms with E-state index in [1.807, 2.05) is 60.7 Å². The summed E-state index contributed by atoms with van der Waals surface area (Å²) in [6.07, 6.45) is 0. The highest BCUT2D eigenvalue weighted by Crippen LogP contribution is 2.26. The van der Waals surface area contributed by atoms with Crippen LogP contribution >= 0.6 is 11.6 Å². The topological polar surface area (TPSA) is 71.5 Å². The molecule has 0 radical (unpaired) electrons. The Hall–Kier alpha value is -3.90. The van der Waals surface area contributed by atoms with Crippen molar-refractivity contribution in [3.8, 4) is 11.3 Å². The van der Waals surface area contributed by atoms with E-state index in [1.165, 1.54) is 0 Å². The zero-order chi connectivity index (χ0) is 25.7. The van der Waals surface area contributed by atoms with Gasteiger partial charge >= 0.3 is 5.97 Å². The van der Waals surface area contributed by atoms with Gasteiger partial charge in [-0.25, -0.2) is 9.78 Å². The average molecular weight is 502 g/mol. The first-order valence-electron chi connectivity index (χ1n) is 11.8. The van der Waals surface area contributed by atoms with Gasteiger partial charge in [0, 0.05) is 39.9 Å². The molecule has 36 heavy (non-hydrogen) atoms. The number of pyridine rings is 1. The lowest BCUT2D eigenvalue weighted by molar-refractivity contribution is -0.119. The number of amides is 1. The highest BCUT2D eigenvalue weighted by atomic mass is 35.5. The van der Waals surface area contributed by atoms with E-state index in [4.69, 9.17) is 16.3 Å². The molecule has 0 atom stereocenters. The Bertz CT molecular complexity index is 1370. The van der Waals surface area contributed by atoms with Crippen molar-refractivity contribution >= 4 is 45.8 Å². The molecule has 0 unspecified atom stereocenters. The number of hydrogen-bond donors (Lipinski definition) is 1. The Morgan fingerprint density at radius 1 is 1.00 bits per heavy atom. The number of anilines is 2. The van der Waals surface area contributed by atoms with Gasteiger partial charge in [0.25, 0.3) is 5.91 Å². The van der Waals surface area contributed by atoms with E-state index in [2.05, 4.69) is 36.0 Å². The van der Waals surface area contributed by atoms with Crippen LogP contribution in [0.1, 0.15) is 31.1 Å². The number of nitrogens with one attached hydrogen (secondary N) is 1. The van der Waals surface area contributed by atoms with Gasteiger partial charge in [0.2, 0.25) is 0 Å². The molecule has 0 spiro atoms. The number of benzene rings is 3. The van der Waals surface area contributed by atoms with Crippen LogP contribution in [-0.4, -0.2) is 36.1 Å². The highest BCUT2D eigenvalue weighted by molar-refractivity contribution is 6.30. The Morgan fingerprint density at radius 2 is 1.69 bits per heavy atom. The third-order valence-corrected chi connectivity index (χ3v) is 6.11. The molecular formula is C29H28ClN3O3. The minimum Gasteiger partial charge on any atom is -0.452 e. The van der Waals surface area contributed by atoms with E-state index in [0.717, 1.165) is 17.8 Å². The minimum atomic E-state index is -0.593. The number of aromatic nitrogens is 1. The van der Waals surface area contributed by atoms with Crippen LogP contribution in [-0.2, 0) is 9.53 Å². The van der Waals surface area contributed by atoms with Crippen molar-refractivity contribution in [2.45, 2.75) is 26.8 Å². The maximum absolute atomic E-state index is 13.0. The van der Waals surface area contributed by atoms with Crippen molar-refractivity contribution in [3.63, 3.8) is 0 Å². The monoisotopic (exact) mass is 501 g/mol. The predicted molar refractivity (Wildman–Crippen MR) is 146 cm³/mol. The largest absolute Gasteiger partial charge is 0.452 e. The summed E-state index contributed by atoms with van der Waals surface area (Å²) in [6, 6.07) is 24.2. The quantitative estimate of drug-likeness (QED) is 0.276. The van der Waals surface area contributed by atoms with Gasteiger partial charge in [-0.3, -0.25) is 4.79 Å². The molecule has 4 aromatic rings. The first kappa shape index (κ1) is 25.2. The van der Waals surface area contributed by atoms with Crippen LogP contribution in [0.15, 0.2) is 78.9 Å². The molecule has 4 rings (SSSR count). The molecule has 1 aromatic heterocycles. The summed E-state index contributed by atoms with van der Waals surface area (Å²) in [5, 5.41) is 4.05. The number of carbonyl (C=O) groups excluding carboxylic acids is 2. The Kier molecular flexibility index (Phi) is 7.86. The first-order valence-corrected chi connectivity index (χ1v) is 12.2. The first-order chi connectivity index (χ1) is 17.4. The predicted octanol–water partition coefficient (Wildman–Crippen LogP) is 6.59. The van der Waals surface area contributed by atoms with E-state index >= 15 is 0 Å². The van der Waals surface area contributed by atoms with Gasteiger partial charge in [-0.15, -0.1) is 0 Å². The van der Waals surface area contributed by atoms with Crippen LogP contribution in [0, 0.1) is 0 Å². The van der Waals surface area contributed by atoms with Crippen LogP contribution in [0.25, 0.3) is 22.2 Å². The maximum Gasteiger partial charge on any atom is 0.339 e. The maximum atomic E-state index is 13.0. The van der Waals surface area contributed by atoms with Gasteiger partial charge in [-0.1, -0.05) is 41.9 Å². The normalized spacial score (nSPS) is 10.9. The fraction of sp³-hybridized carbons (Fsp3) is 0.207. The fourth-order valence-corrected chi connectivity index (χ4v) is 4.23. The molecule has 0 saturated carbocycles. The van der Waals surface area contributed by atoms with Crippen molar-refractivity contribution < 1.29 is 14.3 Å². The van der Waals surface area contributed by atoms with Crippen LogP contribution in [0.5, 0.6) is 0 Å². The van der Waals surface area contributed by atoms with Gasteiger partial charge in [0.05, 0.1) is 16.8 Å². The smallest absolute Gasteiger partial charge is 0.339 e. The average Bonchev–Trinajstić information content (AvgIpc) is 2.88. The minimum absolute atomic E-state index is 0.344. The van der Waals surface area contributed by atoms with E-state index in [0.29, 0.717) is 38.9 Å². The molecule has 1 N–H and O–H groups in total. The lowest BCUT2D eigenvalue weighted by Crippen LogP contribution is -2.30. The van der Waals surface area contributed by atoms with Gasteiger partial charge in [-0.05, 0) is 69.3 Å². The summed E-state index contributed by atoms with van der Waals surface area (Å²) in [6.45, 7) is 6.87.